The van der Waals surface area contributed by atoms with Crippen molar-refractivity contribution in [3.05, 3.63) is 78.1 Å². The van der Waals surface area contributed by atoms with E-state index in [1.807, 2.05) is 54.6 Å². The Kier molecular flexibility index (Phi) is 7.16. The number of carbonyl (C=O) groups is 1. The molecule has 0 fully saturated rings. The number of anilines is 1. The molecule has 0 bridgehead atoms. The molecule has 4 aromatic rings. The van der Waals surface area contributed by atoms with Gasteiger partial charge in [0.05, 0.1) is 10.2 Å². The molecule has 2 heterocycles. The lowest BCUT2D eigenvalue weighted by atomic mass is 10.1. The largest absolute Gasteiger partial charge is 0.345 e. The second-order valence-corrected chi connectivity index (χ2v) is 10.9. The van der Waals surface area contributed by atoms with Gasteiger partial charge in [0.1, 0.15) is 10.6 Å². The predicted molar refractivity (Wildman–Crippen MR) is 137 cm³/mol. The van der Waals surface area contributed by atoms with Crippen molar-refractivity contribution in [2.75, 3.05) is 24.5 Å². The lowest BCUT2D eigenvalue weighted by Gasteiger charge is -2.20. The average molecular weight is 497 g/mol. The van der Waals surface area contributed by atoms with Crippen molar-refractivity contribution in [2.45, 2.75) is 25.2 Å². The summed E-state index contributed by atoms with van der Waals surface area (Å²) in [6.45, 7) is 4.76. The van der Waals surface area contributed by atoms with Crippen molar-refractivity contribution in [2.24, 2.45) is 7.05 Å². The lowest BCUT2D eigenvalue weighted by Crippen LogP contribution is -2.34. The molecule has 0 N–H and O–H groups in total. The van der Waals surface area contributed by atoms with Crippen LogP contribution in [0, 0.1) is 0 Å². The summed E-state index contributed by atoms with van der Waals surface area (Å²) in [6, 6.07) is 19.2. The normalized spacial score (nSPS) is 11.9. The van der Waals surface area contributed by atoms with Gasteiger partial charge >= 0.3 is 0 Å². The van der Waals surface area contributed by atoms with Crippen LogP contribution in [-0.4, -0.2) is 47.8 Å². The third-order valence-corrected chi connectivity index (χ3v) is 8.84. The zero-order chi connectivity index (χ0) is 24.3. The van der Waals surface area contributed by atoms with E-state index in [2.05, 4.69) is 0 Å². The Morgan fingerprint density at radius 2 is 1.71 bits per heavy atom. The maximum Gasteiger partial charge on any atom is 0.276 e. The van der Waals surface area contributed by atoms with Gasteiger partial charge in [-0.3, -0.25) is 9.69 Å². The summed E-state index contributed by atoms with van der Waals surface area (Å²) in [6.07, 6.45) is 2.16. The number of thiazole rings is 1. The molecule has 0 saturated heterocycles. The van der Waals surface area contributed by atoms with Gasteiger partial charge in [-0.15, -0.1) is 0 Å². The Labute approximate surface area is 204 Å². The Balaban J connectivity index is 1.71. The lowest BCUT2D eigenvalue weighted by molar-refractivity contribution is 0.0979. The van der Waals surface area contributed by atoms with Crippen LogP contribution >= 0.6 is 11.3 Å². The Morgan fingerprint density at radius 3 is 2.38 bits per heavy atom. The molecule has 0 atom stereocenters. The third kappa shape index (κ3) is 4.77. The van der Waals surface area contributed by atoms with Gasteiger partial charge in [-0.1, -0.05) is 67.6 Å². The number of hydrogen-bond donors (Lipinski definition) is 0. The standard InChI is InChI=1S/C25H28N4O3S2/c1-4-28(5-2)34(31,32)20-17-22(27(3)18-20)24(30)29(16-15-19-11-7-6-8-12-19)25-26-21-13-9-10-14-23(21)33-25/h6-14,17-18H,4-5,15-16H2,1-3H3. The van der Waals surface area contributed by atoms with Gasteiger partial charge in [-0.05, 0) is 30.2 Å². The van der Waals surface area contributed by atoms with Crippen molar-refractivity contribution in [1.29, 1.82) is 0 Å². The number of para-hydroxylation sites is 1. The molecule has 7 nitrogen and oxygen atoms in total. The summed E-state index contributed by atoms with van der Waals surface area (Å²) in [5, 5.41) is 0.594. The highest BCUT2D eigenvalue weighted by Gasteiger charge is 2.28. The smallest absolute Gasteiger partial charge is 0.276 e. The average Bonchev–Trinajstić information content (AvgIpc) is 3.44. The van der Waals surface area contributed by atoms with Crippen LogP contribution in [0.1, 0.15) is 29.9 Å². The van der Waals surface area contributed by atoms with Crippen molar-refractivity contribution >= 4 is 42.6 Å². The monoisotopic (exact) mass is 496 g/mol. The second kappa shape index (κ2) is 10.1. The van der Waals surface area contributed by atoms with Crippen LogP contribution in [0.3, 0.4) is 0 Å². The van der Waals surface area contributed by atoms with Crippen molar-refractivity contribution in [3.8, 4) is 0 Å². The first kappa shape index (κ1) is 24.1. The van der Waals surface area contributed by atoms with E-state index in [0.29, 0.717) is 36.9 Å². The number of sulfonamides is 1. The van der Waals surface area contributed by atoms with Crippen LogP contribution in [0.25, 0.3) is 10.2 Å². The number of fused-ring (bicyclic) bond motifs is 1. The fraction of sp³-hybridized carbons (Fsp3) is 0.280. The van der Waals surface area contributed by atoms with Crippen LogP contribution in [0.4, 0.5) is 5.13 Å². The molecule has 1 amide bonds. The minimum absolute atomic E-state index is 0.120. The molecule has 0 aliphatic carbocycles. The second-order valence-electron chi connectivity index (χ2n) is 7.92. The Morgan fingerprint density at radius 1 is 1.03 bits per heavy atom. The van der Waals surface area contributed by atoms with Crippen LogP contribution in [-0.2, 0) is 23.5 Å². The molecule has 2 aromatic heterocycles. The van der Waals surface area contributed by atoms with Gasteiger partial charge < -0.3 is 4.57 Å². The number of nitrogens with zero attached hydrogens (tertiary/aromatic N) is 4. The number of aromatic nitrogens is 2. The van der Waals surface area contributed by atoms with E-state index < -0.39 is 10.0 Å². The minimum Gasteiger partial charge on any atom is -0.345 e. The van der Waals surface area contributed by atoms with E-state index in [1.165, 1.54) is 27.9 Å². The highest BCUT2D eigenvalue weighted by molar-refractivity contribution is 7.89. The molecule has 0 saturated carbocycles. The maximum atomic E-state index is 13.8. The number of amides is 1. The highest BCUT2D eigenvalue weighted by Crippen LogP contribution is 2.30. The van der Waals surface area contributed by atoms with Gasteiger partial charge in [-0.25, -0.2) is 13.4 Å². The summed E-state index contributed by atoms with van der Waals surface area (Å²) in [4.78, 5) is 20.2. The van der Waals surface area contributed by atoms with Gasteiger partial charge in [-0.2, -0.15) is 4.31 Å². The maximum absolute atomic E-state index is 13.8. The summed E-state index contributed by atoms with van der Waals surface area (Å²) in [7, 11) is -1.98. The summed E-state index contributed by atoms with van der Waals surface area (Å²) in [5.41, 5.74) is 2.24. The topological polar surface area (TPSA) is 75.5 Å². The summed E-state index contributed by atoms with van der Waals surface area (Å²) >= 11 is 1.45. The van der Waals surface area contributed by atoms with Crippen LogP contribution < -0.4 is 4.90 Å². The molecule has 178 valence electrons. The first-order valence-corrected chi connectivity index (χ1v) is 13.5. The minimum atomic E-state index is -3.67. The van der Waals surface area contributed by atoms with Crippen molar-refractivity contribution in [1.82, 2.24) is 13.9 Å². The van der Waals surface area contributed by atoms with E-state index in [4.69, 9.17) is 4.98 Å². The van der Waals surface area contributed by atoms with Crippen molar-refractivity contribution < 1.29 is 13.2 Å². The van der Waals surface area contributed by atoms with Gasteiger partial charge in [0.2, 0.25) is 10.0 Å². The van der Waals surface area contributed by atoms with E-state index in [9.17, 15) is 13.2 Å². The molecule has 2 aromatic carbocycles. The van der Waals surface area contributed by atoms with Gasteiger partial charge in [0.15, 0.2) is 5.13 Å². The number of rotatable bonds is 9. The molecular weight excluding hydrogens is 468 g/mol. The summed E-state index contributed by atoms with van der Waals surface area (Å²) < 4.78 is 30.0. The fourth-order valence-electron chi connectivity index (χ4n) is 3.88. The number of carbonyl (C=O) groups excluding carboxylic acids is 1. The molecular formula is C25H28N4O3S2. The predicted octanol–water partition coefficient (Wildman–Crippen LogP) is 4.55. The molecule has 9 heteroatoms. The van der Waals surface area contributed by atoms with Crippen LogP contribution in [0.15, 0.2) is 71.8 Å². The molecule has 0 aliphatic heterocycles. The SMILES string of the molecule is CCN(CC)S(=O)(=O)c1cc(C(=O)N(CCc2ccccc2)c2nc3ccccc3s2)n(C)c1. The zero-order valence-corrected chi connectivity index (χ0v) is 21.1. The summed E-state index contributed by atoms with van der Waals surface area (Å²) in [5.74, 6) is -0.279. The van der Waals surface area contributed by atoms with E-state index >= 15 is 0 Å². The Bertz CT molecular complexity index is 1360. The number of benzene rings is 2. The molecule has 0 unspecified atom stereocenters. The van der Waals surface area contributed by atoms with Gasteiger partial charge in [0.25, 0.3) is 5.91 Å². The Hall–Kier alpha value is -3.01. The fourth-order valence-corrected chi connectivity index (χ4v) is 6.40. The number of hydrogen-bond acceptors (Lipinski definition) is 5. The first-order valence-electron chi connectivity index (χ1n) is 11.2. The van der Waals surface area contributed by atoms with E-state index in [1.54, 1.807) is 30.4 Å². The third-order valence-electron chi connectivity index (χ3n) is 5.77. The molecule has 4 rings (SSSR count). The van der Waals surface area contributed by atoms with Crippen LogP contribution in [0.2, 0.25) is 0 Å². The first-order chi connectivity index (χ1) is 16.3. The molecule has 0 spiro atoms. The van der Waals surface area contributed by atoms with Gasteiger partial charge in [0, 0.05) is 32.9 Å². The van der Waals surface area contributed by atoms with E-state index in [0.717, 1.165) is 15.8 Å². The van der Waals surface area contributed by atoms with Crippen LogP contribution in [0.5, 0.6) is 0 Å². The highest BCUT2D eigenvalue weighted by atomic mass is 32.2. The van der Waals surface area contributed by atoms with E-state index in [-0.39, 0.29) is 10.8 Å². The zero-order valence-electron chi connectivity index (χ0n) is 19.5. The van der Waals surface area contributed by atoms with Crippen molar-refractivity contribution in [3.63, 3.8) is 0 Å². The molecule has 0 radical (unpaired) electrons. The molecule has 34 heavy (non-hydrogen) atoms. The molecule has 0 aliphatic rings. The quantitative estimate of drug-likeness (QED) is 0.341. The number of aryl methyl sites for hydroxylation is 1.